The predicted molar refractivity (Wildman–Crippen MR) is 107 cm³/mol. The second kappa shape index (κ2) is 8.94. The molecule has 0 unspecified atom stereocenters. The molecule has 2 aliphatic carbocycles. The number of carbonyl (C=O) groups excluding carboxylic acids is 2. The summed E-state index contributed by atoms with van der Waals surface area (Å²) in [4.78, 5) is 30.1. The number of rotatable bonds is 8. The lowest BCUT2D eigenvalue weighted by Crippen LogP contribution is -2.47. The van der Waals surface area contributed by atoms with Crippen molar-refractivity contribution in [3.8, 4) is 0 Å². The molecule has 2 saturated carbocycles. The van der Waals surface area contributed by atoms with E-state index >= 15 is 0 Å². The number of aromatic nitrogens is 1. The van der Waals surface area contributed by atoms with Crippen molar-refractivity contribution in [2.24, 2.45) is 18.9 Å². The third kappa shape index (κ3) is 5.36. The molecule has 1 heterocycles. The van der Waals surface area contributed by atoms with Gasteiger partial charge in [-0.05, 0) is 43.7 Å². The van der Waals surface area contributed by atoms with Gasteiger partial charge in [-0.1, -0.05) is 33.1 Å². The fourth-order valence-corrected chi connectivity index (χ4v) is 4.18. The Morgan fingerprint density at radius 3 is 2.41 bits per heavy atom. The number of aryl methyl sites for hydroxylation is 1. The highest BCUT2D eigenvalue weighted by atomic mass is 16.2. The smallest absolute Gasteiger partial charge is 0.242 e. The maximum absolute atomic E-state index is 13.2. The van der Waals surface area contributed by atoms with Crippen molar-refractivity contribution in [1.82, 2.24) is 14.4 Å². The van der Waals surface area contributed by atoms with Gasteiger partial charge in [0.2, 0.25) is 11.8 Å². The first-order valence-corrected chi connectivity index (χ1v) is 10.6. The fourth-order valence-electron chi connectivity index (χ4n) is 4.18. The highest BCUT2D eigenvalue weighted by Gasteiger charge is 2.35. The Labute approximate surface area is 163 Å². The first-order valence-electron chi connectivity index (χ1n) is 10.6. The first-order chi connectivity index (χ1) is 13.0. The van der Waals surface area contributed by atoms with Crippen LogP contribution in [0.25, 0.3) is 0 Å². The van der Waals surface area contributed by atoms with Crippen LogP contribution in [0.4, 0.5) is 0 Å². The quantitative estimate of drug-likeness (QED) is 0.699. The number of nitrogens with zero attached hydrogens (tertiary/aromatic N) is 3. The molecule has 0 bridgehead atoms. The molecule has 5 nitrogen and oxygen atoms in total. The third-order valence-corrected chi connectivity index (χ3v) is 5.87. The standard InChI is InChI=1S/C22H35N3O2/c1-17(2)14-24(22(27)18-8-5-4-6-9-18)16-21(26)25(19-11-12-19)15-20-10-7-13-23(20)3/h7,10,13,17-19H,4-6,8-9,11-12,14-16H2,1-3H3. The van der Waals surface area contributed by atoms with Gasteiger partial charge in [-0.3, -0.25) is 9.59 Å². The van der Waals surface area contributed by atoms with Gasteiger partial charge < -0.3 is 14.4 Å². The molecule has 0 aliphatic heterocycles. The van der Waals surface area contributed by atoms with Crippen LogP contribution in [0.2, 0.25) is 0 Å². The number of carbonyl (C=O) groups is 2. The Bertz CT molecular complexity index is 642. The van der Waals surface area contributed by atoms with Gasteiger partial charge in [-0.25, -0.2) is 0 Å². The van der Waals surface area contributed by atoms with Gasteiger partial charge in [0.25, 0.3) is 0 Å². The van der Waals surface area contributed by atoms with E-state index in [4.69, 9.17) is 0 Å². The summed E-state index contributed by atoms with van der Waals surface area (Å²) < 4.78 is 2.07. The van der Waals surface area contributed by atoms with E-state index in [-0.39, 0.29) is 24.3 Å². The lowest BCUT2D eigenvalue weighted by molar-refractivity contribution is -0.144. The van der Waals surface area contributed by atoms with Gasteiger partial charge >= 0.3 is 0 Å². The molecule has 0 N–H and O–H groups in total. The van der Waals surface area contributed by atoms with Crippen molar-refractivity contribution in [1.29, 1.82) is 0 Å². The summed E-state index contributed by atoms with van der Waals surface area (Å²) in [6.07, 6.45) is 9.66. The number of amides is 2. The molecular formula is C22H35N3O2. The van der Waals surface area contributed by atoms with Gasteiger partial charge in [0.15, 0.2) is 0 Å². The number of hydrogen-bond donors (Lipinski definition) is 0. The van der Waals surface area contributed by atoms with Crippen molar-refractivity contribution >= 4 is 11.8 Å². The third-order valence-electron chi connectivity index (χ3n) is 5.87. The molecule has 2 amide bonds. The molecule has 0 saturated heterocycles. The molecule has 1 aromatic rings. The maximum atomic E-state index is 13.2. The minimum absolute atomic E-state index is 0.100. The Morgan fingerprint density at radius 2 is 1.85 bits per heavy atom. The summed E-state index contributed by atoms with van der Waals surface area (Å²) in [6, 6.07) is 4.43. The van der Waals surface area contributed by atoms with E-state index in [0.717, 1.165) is 44.2 Å². The molecule has 150 valence electrons. The van der Waals surface area contributed by atoms with E-state index in [1.54, 1.807) is 0 Å². The Morgan fingerprint density at radius 1 is 1.15 bits per heavy atom. The Hall–Kier alpha value is -1.78. The van der Waals surface area contributed by atoms with E-state index in [9.17, 15) is 9.59 Å². The summed E-state index contributed by atoms with van der Waals surface area (Å²) in [5, 5.41) is 0. The normalized spacial score (nSPS) is 17.9. The summed E-state index contributed by atoms with van der Waals surface area (Å²) in [5.74, 6) is 0.787. The van der Waals surface area contributed by atoms with Crippen molar-refractivity contribution in [3.05, 3.63) is 24.0 Å². The highest BCUT2D eigenvalue weighted by Crippen LogP contribution is 2.29. The largest absolute Gasteiger partial charge is 0.353 e. The maximum Gasteiger partial charge on any atom is 0.242 e. The van der Waals surface area contributed by atoms with Crippen LogP contribution in [0.3, 0.4) is 0 Å². The van der Waals surface area contributed by atoms with Gasteiger partial charge in [-0.2, -0.15) is 0 Å². The number of hydrogen-bond acceptors (Lipinski definition) is 2. The molecule has 0 aromatic carbocycles. The topological polar surface area (TPSA) is 45.6 Å². The van der Waals surface area contributed by atoms with Crippen molar-refractivity contribution in [2.45, 2.75) is 71.4 Å². The SMILES string of the molecule is CC(C)CN(CC(=O)N(Cc1cccn1C)C1CC1)C(=O)C1CCCCC1. The molecule has 0 radical (unpaired) electrons. The van der Waals surface area contributed by atoms with Crippen LogP contribution < -0.4 is 0 Å². The summed E-state index contributed by atoms with van der Waals surface area (Å²) in [5.41, 5.74) is 1.14. The van der Waals surface area contributed by atoms with Crippen LogP contribution in [0.1, 0.15) is 64.5 Å². The molecule has 27 heavy (non-hydrogen) atoms. The molecule has 0 atom stereocenters. The van der Waals surface area contributed by atoms with Gasteiger partial charge in [0.1, 0.15) is 0 Å². The molecule has 5 heteroatoms. The lowest BCUT2D eigenvalue weighted by atomic mass is 9.88. The van der Waals surface area contributed by atoms with Crippen LogP contribution in [0.15, 0.2) is 18.3 Å². The van der Waals surface area contributed by atoms with Crippen molar-refractivity contribution < 1.29 is 9.59 Å². The molecule has 1 aromatic heterocycles. The van der Waals surface area contributed by atoms with Gasteiger partial charge in [0, 0.05) is 37.4 Å². The summed E-state index contributed by atoms with van der Waals surface area (Å²) in [6.45, 7) is 5.78. The zero-order valence-corrected chi connectivity index (χ0v) is 17.2. The lowest BCUT2D eigenvalue weighted by Gasteiger charge is -2.32. The van der Waals surface area contributed by atoms with Gasteiger partial charge in [0.05, 0.1) is 13.1 Å². The van der Waals surface area contributed by atoms with E-state index in [1.807, 2.05) is 29.1 Å². The van der Waals surface area contributed by atoms with Crippen LogP contribution >= 0.6 is 0 Å². The minimum Gasteiger partial charge on any atom is -0.353 e. The molecule has 3 rings (SSSR count). The second-order valence-corrected chi connectivity index (χ2v) is 8.81. The first kappa shape index (κ1) is 20.0. The van der Waals surface area contributed by atoms with Crippen molar-refractivity contribution in [3.63, 3.8) is 0 Å². The van der Waals surface area contributed by atoms with Crippen LogP contribution in [0, 0.1) is 11.8 Å². The molecule has 2 fully saturated rings. The zero-order valence-electron chi connectivity index (χ0n) is 17.2. The van der Waals surface area contributed by atoms with Crippen LogP contribution in [-0.4, -0.2) is 45.3 Å². The predicted octanol–water partition coefficient (Wildman–Crippen LogP) is 3.58. The van der Waals surface area contributed by atoms with Crippen LogP contribution in [0.5, 0.6) is 0 Å². The summed E-state index contributed by atoms with van der Waals surface area (Å²) in [7, 11) is 2.02. The van der Waals surface area contributed by atoms with E-state index < -0.39 is 0 Å². The average Bonchev–Trinajstić information content (AvgIpc) is 3.41. The average molecular weight is 374 g/mol. The van der Waals surface area contributed by atoms with E-state index in [2.05, 4.69) is 24.5 Å². The highest BCUT2D eigenvalue weighted by molar-refractivity contribution is 5.86. The Balaban J connectivity index is 1.67. The van der Waals surface area contributed by atoms with Crippen LogP contribution in [-0.2, 0) is 23.2 Å². The minimum atomic E-state index is 0.100. The zero-order chi connectivity index (χ0) is 19.4. The molecule has 0 spiro atoms. The Kier molecular flexibility index (Phi) is 6.61. The fraction of sp³-hybridized carbons (Fsp3) is 0.727. The summed E-state index contributed by atoms with van der Waals surface area (Å²) >= 11 is 0. The van der Waals surface area contributed by atoms with Crippen molar-refractivity contribution in [2.75, 3.05) is 13.1 Å². The molecule has 2 aliphatic rings. The molecular weight excluding hydrogens is 338 g/mol. The van der Waals surface area contributed by atoms with E-state index in [1.165, 1.54) is 6.42 Å². The van der Waals surface area contributed by atoms with E-state index in [0.29, 0.717) is 25.0 Å². The monoisotopic (exact) mass is 373 g/mol. The van der Waals surface area contributed by atoms with Gasteiger partial charge in [-0.15, -0.1) is 0 Å². The second-order valence-electron chi connectivity index (χ2n) is 8.81.